The zero-order valence-corrected chi connectivity index (χ0v) is 12.1. The van der Waals surface area contributed by atoms with Crippen LogP contribution in [0.1, 0.15) is 59.3 Å². The van der Waals surface area contributed by atoms with Gasteiger partial charge in [0.2, 0.25) is 5.91 Å². The molecule has 0 bridgehead atoms. The van der Waals surface area contributed by atoms with E-state index in [-0.39, 0.29) is 6.04 Å². The highest BCUT2D eigenvalue weighted by atomic mass is 16.2. The molecule has 2 fully saturated rings. The fourth-order valence-corrected chi connectivity index (χ4v) is 3.54. The zero-order valence-electron chi connectivity index (χ0n) is 12.1. The van der Waals surface area contributed by atoms with Crippen molar-refractivity contribution in [3.05, 3.63) is 0 Å². The van der Waals surface area contributed by atoms with Gasteiger partial charge in [-0.25, -0.2) is 0 Å². The second-order valence-corrected chi connectivity index (χ2v) is 6.21. The predicted octanol–water partition coefficient (Wildman–Crippen LogP) is 2.76. The van der Waals surface area contributed by atoms with Crippen molar-refractivity contribution in [3.63, 3.8) is 0 Å². The first-order valence-corrected chi connectivity index (χ1v) is 7.72. The summed E-state index contributed by atoms with van der Waals surface area (Å²) in [4.78, 5) is 14.5. The van der Waals surface area contributed by atoms with E-state index in [0.717, 1.165) is 37.6 Å². The lowest BCUT2D eigenvalue weighted by molar-refractivity contribution is -0.130. The fraction of sp³-hybridized carbons (Fsp3) is 0.933. The summed E-state index contributed by atoms with van der Waals surface area (Å²) in [6.45, 7) is 7.61. The van der Waals surface area contributed by atoms with Crippen LogP contribution in [-0.4, -0.2) is 29.6 Å². The van der Waals surface area contributed by atoms with Crippen molar-refractivity contribution in [1.82, 2.24) is 10.2 Å². The van der Waals surface area contributed by atoms with Crippen molar-refractivity contribution in [2.75, 3.05) is 6.54 Å². The number of nitrogens with zero attached hydrogens (tertiary/aromatic N) is 1. The zero-order chi connectivity index (χ0) is 13.1. The minimum atomic E-state index is 0.0698. The first kappa shape index (κ1) is 13.9. The maximum atomic E-state index is 12.4. The lowest BCUT2D eigenvalue weighted by Crippen LogP contribution is -2.40. The molecule has 2 rings (SSSR count). The Morgan fingerprint density at radius 3 is 2.67 bits per heavy atom. The molecule has 0 aromatic heterocycles. The van der Waals surface area contributed by atoms with Crippen molar-refractivity contribution in [3.8, 4) is 0 Å². The lowest BCUT2D eigenvalue weighted by Gasteiger charge is -2.27. The van der Waals surface area contributed by atoms with E-state index in [4.69, 9.17) is 0 Å². The van der Waals surface area contributed by atoms with Crippen molar-refractivity contribution in [1.29, 1.82) is 0 Å². The second kappa shape index (κ2) is 6.05. The quantitative estimate of drug-likeness (QED) is 0.816. The molecule has 1 aliphatic heterocycles. The van der Waals surface area contributed by atoms with Gasteiger partial charge in [-0.3, -0.25) is 10.1 Å². The van der Waals surface area contributed by atoms with Gasteiger partial charge < -0.3 is 4.90 Å². The van der Waals surface area contributed by atoms with Crippen LogP contribution in [0.2, 0.25) is 0 Å². The molecule has 1 aliphatic carbocycles. The molecule has 4 atom stereocenters. The fourth-order valence-electron chi connectivity index (χ4n) is 3.54. The van der Waals surface area contributed by atoms with Gasteiger partial charge in [-0.2, -0.15) is 0 Å². The summed E-state index contributed by atoms with van der Waals surface area (Å²) >= 11 is 0. The predicted molar refractivity (Wildman–Crippen MR) is 74.1 cm³/mol. The molecule has 0 aromatic rings. The molecule has 3 nitrogen and oxygen atoms in total. The van der Waals surface area contributed by atoms with Gasteiger partial charge in [0.25, 0.3) is 0 Å². The summed E-state index contributed by atoms with van der Waals surface area (Å²) in [5.74, 6) is 1.93. The van der Waals surface area contributed by atoms with Crippen molar-refractivity contribution in [2.24, 2.45) is 11.8 Å². The van der Waals surface area contributed by atoms with Gasteiger partial charge in [0.1, 0.15) is 0 Å². The minimum absolute atomic E-state index is 0.0698. The third-order valence-corrected chi connectivity index (χ3v) is 4.58. The number of hydrogen-bond donors (Lipinski definition) is 1. The molecule has 1 heterocycles. The summed E-state index contributed by atoms with van der Waals surface area (Å²) < 4.78 is 0. The van der Waals surface area contributed by atoms with Crippen LogP contribution in [0.15, 0.2) is 0 Å². The Hall–Kier alpha value is -0.570. The van der Waals surface area contributed by atoms with Crippen molar-refractivity contribution >= 4 is 5.91 Å². The molecule has 1 amide bonds. The average Bonchev–Trinajstić information content (AvgIpc) is 2.88. The molecule has 104 valence electrons. The van der Waals surface area contributed by atoms with E-state index >= 15 is 0 Å². The summed E-state index contributed by atoms with van der Waals surface area (Å²) in [5.41, 5.74) is 0. The van der Waals surface area contributed by atoms with Gasteiger partial charge in [-0.15, -0.1) is 0 Å². The first-order valence-electron chi connectivity index (χ1n) is 7.72. The summed E-state index contributed by atoms with van der Waals surface area (Å²) in [6.07, 6.45) is 7.39. The largest absolute Gasteiger partial charge is 0.326 e. The van der Waals surface area contributed by atoms with Gasteiger partial charge >= 0.3 is 0 Å². The molecule has 1 N–H and O–H groups in total. The van der Waals surface area contributed by atoms with E-state index in [2.05, 4.69) is 31.0 Å². The van der Waals surface area contributed by atoms with Crippen LogP contribution in [0, 0.1) is 11.8 Å². The van der Waals surface area contributed by atoms with E-state index < -0.39 is 0 Å². The van der Waals surface area contributed by atoms with Gasteiger partial charge in [-0.1, -0.05) is 33.6 Å². The molecule has 4 unspecified atom stereocenters. The van der Waals surface area contributed by atoms with Crippen LogP contribution in [0.25, 0.3) is 0 Å². The maximum Gasteiger partial charge on any atom is 0.241 e. The molecule has 1 saturated carbocycles. The Morgan fingerprint density at radius 1 is 1.33 bits per heavy atom. The van der Waals surface area contributed by atoms with Gasteiger partial charge in [0.15, 0.2) is 0 Å². The molecule has 18 heavy (non-hydrogen) atoms. The standard InChI is InChI=1S/C15H28N2O/c1-4-6-14-16-13(5-2)15(18)17(14)10-12-8-7-11(3)9-12/h11-14,16H,4-10H2,1-3H3. The topological polar surface area (TPSA) is 32.3 Å². The Balaban J connectivity index is 1.96. The minimum Gasteiger partial charge on any atom is -0.326 e. The van der Waals surface area contributed by atoms with Crippen LogP contribution in [0.5, 0.6) is 0 Å². The van der Waals surface area contributed by atoms with E-state index in [9.17, 15) is 4.79 Å². The highest BCUT2D eigenvalue weighted by Crippen LogP contribution is 2.32. The Labute approximate surface area is 111 Å². The number of nitrogens with one attached hydrogen (secondary N) is 1. The molecule has 0 aromatic carbocycles. The second-order valence-electron chi connectivity index (χ2n) is 6.21. The van der Waals surface area contributed by atoms with E-state index in [1.165, 1.54) is 19.3 Å². The normalized spacial score (nSPS) is 36.6. The summed E-state index contributed by atoms with van der Waals surface area (Å²) in [6, 6.07) is 0.0698. The number of hydrogen-bond acceptors (Lipinski definition) is 2. The smallest absolute Gasteiger partial charge is 0.241 e. The molecular formula is C15H28N2O. The van der Waals surface area contributed by atoms with Crippen molar-refractivity contribution < 1.29 is 4.79 Å². The summed E-state index contributed by atoms with van der Waals surface area (Å²) in [5, 5.41) is 3.50. The number of rotatable bonds is 5. The third kappa shape index (κ3) is 2.87. The Morgan fingerprint density at radius 2 is 2.11 bits per heavy atom. The van der Waals surface area contributed by atoms with Crippen LogP contribution >= 0.6 is 0 Å². The Bertz CT molecular complexity index is 292. The van der Waals surface area contributed by atoms with Crippen LogP contribution < -0.4 is 5.32 Å². The number of amides is 1. The molecule has 0 radical (unpaired) electrons. The van der Waals surface area contributed by atoms with Gasteiger partial charge in [0.05, 0.1) is 12.2 Å². The van der Waals surface area contributed by atoms with Crippen LogP contribution in [0.4, 0.5) is 0 Å². The Kier molecular flexibility index (Phi) is 4.66. The van der Waals surface area contributed by atoms with Gasteiger partial charge in [-0.05, 0) is 37.5 Å². The SMILES string of the molecule is CCCC1NC(CC)C(=O)N1CC1CCC(C)C1. The van der Waals surface area contributed by atoms with Crippen LogP contribution in [0.3, 0.4) is 0 Å². The molecule has 0 spiro atoms. The molecule has 1 saturated heterocycles. The lowest BCUT2D eigenvalue weighted by atomic mass is 10.1. The van der Waals surface area contributed by atoms with Crippen LogP contribution in [-0.2, 0) is 4.79 Å². The highest BCUT2D eigenvalue weighted by molar-refractivity contribution is 5.84. The first-order chi connectivity index (χ1) is 8.65. The summed E-state index contributed by atoms with van der Waals surface area (Å²) in [7, 11) is 0. The molecular weight excluding hydrogens is 224 g/mol. The van der Waals surface area contributed by atoms with E-state index in [0.29, 0.717) is 12.1 Å². The monoisotopic (exact) mass is 252 g/mol. The third-order valence-electron chi connectivity index (χ3n) is 4.58. The van der Waals surface area contributed by atoms with E-state index in [1.807, 2.05) is 0 Å². The maximum absolute atomic E-state index is 12.4. The van der Waals surface area contributed by atoms with Gasteiger partial charge in [0, 0.05) is 6.54 Å². The number of carbonyl (C=O) groups is 1. The highest BCUT2D eigenvalue weighted by Gasteiger charge is 2.38. The van der Waals surface area contributed by atoms with Crippen molar-refractivity contribution in [2.45, 2.75) is 71.5 Å². The number of carbonyl (C=O) groups excluding carboxylic acids is 1. The molecule has 3 heteroatoms. The molecule has 2 aliphatic rings. The van der Waals surface area contributed by atoms with E-state index in [1.54, 1.807) is 0 Å². The average molecular weight is 252 g/mol.